The monoisotopic (exact) mass is 496 g/mol. The molecule has 1 aliphatic carbocycles. The van der Waals surface area contributed by atoms with Crippen molar-refractivity contribution >= 4 is 23.0 Å². The van der Waals surface area contributed by atoms with E-state index >= 15 is 0 Å². The number of anilines is 1. The molecule has 3 aromatic rings. The highest BCUT2D eigenvalue weighted by Gasteiger charge is 2.40. The van der Waals surface area contributed by atoms with Crippen LogP contribution >= 0.6 is 0 Å². The minimum atomic E-state index is -1.07. The van der Waals surface area contributed by atoms with Gasteiger partial charge in [-0.05, 0) is 43.0 Å². The van der Waals surface area contributed by atoms with E-state index in [1.165, 1.54) is 16.8 Å². The van der Waals surface area contributed by atoms with Gasteiger partial charge >= 0.3 is 6.16 Å². The molecule has 188 valence electrons. The minimum Gasteiger partial charge on any atom is -0.434 e. The van der Waals surface area contributed by atoms with Gasteiger partial charge in [0.2, 0.25) is 5.43 Å². The van der Waals surface area contributed by atoms with Crippen molar-refractivity contribution in [3.8, 4) is 11.4 Å². The third-order valence-corrected chi connectivity index (χ3v) is 6.97. The molecular formula is C26H26F2N4O4. The second-order valence-electron chi connectivity index (χ2n) is 9.17. The molecule has 3 heterocycles. The maximum atomic E-state index is 14.8. The predicted molar refractivity (Wildman–Crippen MR) is 130 cm³/mol. The summed E-state index contributed by atoms with van der Waals surface area (Å²) in [6.07, 6.45) is 4.29. The summed E-state index contributed by atoms with van der Waals surface area (Å²) in [6, 6.07) is 6.29. The first-order valence-corrected chi connectivity index (χ1v) is 11.8. The van der Waals surface area contributed by atoms with Gasteiger partial charge in [-0.2, -0.15) is 0 Å². The molecule has 4 unspecified atom stereocenters. The Kier molecular flexibility index (Phi) is 6.21. The quantitative estimate of drug-likeness (QED) is 0.433. The predicted octanol–water partition coefficient (Wildman–Crippen LogP) is 3.78. The van der Waals surface area contributed by atoms with Crippen LogP contribution in [-0.2, 0) is 4.74 Å². The smallest absolute Gasteiger partial charge is 0.434 e. The Morgan fingerprint density at radius 2 is 1.94 bits per heavy atom. The van der Waals surface area contributed by atoms with Gasteiger partial charge in [0.1, 0.15) is 17.5 Å². The largest absolute Gasteiger partial charge is 0.514 e. The van der Waals surface area contributed by atoms with Gasteiger partial charge in [0, 0.05) is 31.1 Å². The topological polar surface area (TPSA) is 99.7 Å². The Morgan fingerprint density at radius 3 is 2.67 bits per heavy atom. The number of nitrogens with two attached hydrogens (primary N) is 1. The summed E-state index contributed by atoms with van der Waals surface area (Å²) < 4.78 is 39.6. The number of halogens is 2. The maximum Gasteiger partial charge on any atom is 0.514 e. The standard InChI is InChI=1S/C26H26F2N4O4/c1-3-35-26(34)36-22-13-32(21-8-5-15(27)10-19(21)28)25-16(24(22)33)6-9-23(30-25)31-11-17-14(2)4-7-20(29)18(17)12-31/h4-10,13-14,17-18,20H,3,11-12,29H2,1-2H3. The van der Waals surface area contributed by atoms with Gasteiger partial charge in [-0.25, -0.2) is 18.6 Å². The van der Waals surface area contributed by atoms with Crippen LogP contribution < -0.4 is 20.8 Å². The molecule has 5 rings (SSSR count). The van der Waals surface area contributed by atoms with E-state index < -0.39 is 23.2 Å². The lowest BCUT2D eigenvalue weighted by molar-refractivity contribution is 0.104. The SMILES string of the molecule is CCOC(=O)Oc1cn(-c2ccc(F)cc2F)c2nc(N3CC4C(C)C=CC(N)C4C3)ccc2c1=O. The Hall–Kier alpha value is -3.79. The van der Waals surface area contributed by atoms with E-state index in [0.717, 1.165) is 18.7 Å². The van der Waals surface area contributed by atoms with E-state index in [4.69, 9.17) is 20.2 Å². The zero-order valence-corrected chi connectivity index (χ0v) is 19.9. The Labute approximate surface area is 205 Å². The lowest BCUT2D eigenvalue weighted by Gasteiger charge is -2.30. The van der Waals surface area contributed by atoms with Crippen molar-refractivity contribution in [1.29, 1.82) is 0 Å². The zero-order valence-electron chi connectivity index (χ0n) is 19.9. The molecule has 2 aromatic heterocycles. The summed E-state index contributed by atoms with van der Waals surface area (Å²) >= 11 is 0. The number of allylic oxidation sites excluding steroid dienone is 1. The molecule has 0 radical (unpaired) electrons. The van der Waals surface area contributed by atoms with Crippen LogP contribution in [0.1, 0.15) is 13.8 Å². The highest BCUT2D eigenvalue weighted by atomic mass is 19.1. The first-order chi connectivity index (χ1) is 17.3. The van der Waals surface area contributed by atoms with Crippen molar-refractivity contribution in [1.82, 2.24) is 9.55 Å². The number of ether oxygens (including phenoxy) is 2. The molecule has 36 heavy (non-hydrogen) atoms. The van der Waals surface area contributed by atoms with Crippen molar-refractivity contribution in [2.45, 2.75) is 19.9 Å². The van der Waals surface area contributed by atoms with Crippen LogP contribution in [0.15, 0.2) is 53.5 Å². The van der Waals surface area contributed by atoms with Crippen molar-refractivity contribution in [2.75, 3.05) is 24.6 Å². The second-order valence-corrected chi connectivity index (χ2v) is 9.17. The van der Waals surface area contributed by atoms with Gasteiger partial charge in [-0.1, -0.05) is 19.1 Å². The minimum absolute atomic E-state index is 0.0493. The molecule has 1 saturated heterocycles. The highest BCUT2D eigenvalue weighted by Crippen LogP contribution is 2.38. The van der Waals surface area contributed by atoms with Crippen LogP contribution in [0.2, 0.25) is 0 Å². The Morgan fingerprint density at radius 1 is 1.17 bits per heavy atom. The van der Waals surface area contributed by atoms with E-state index in [2.05, 4.69) is 17.9 Å². The molecule has 4 atom stereocenters. The molecule has 0 amide bonds. The van der Waals surface area contributed by atoms with Crippen molar-refractivity contribution < 1.29 is 23.0 Å². The van der Waals surface area contributed by atoms with Crippen LogP contribution in [0.3, 0.4) is 0 Å². The van der Waals surface area contributed by atoms with E-state index in [0.29, 0.717) is 24.2 Å². The average molecular weight is 497 g/mol. The van der Waals surface area contributed by atoms with Crippen molar-refractivity contribution in [3.63, 3.8) is 0 Å². The molecule has 0 saturated carbocycles. The molecule has 2 N–H and O–H groups in total. The summed E-state index contributed by atoms with van der Waals surface area (Å²) in [6.45, 7) is 5.24. The number of hydrogen-bond donors (Lipinski definition) is 1. The number of carbonyl (C=O) groups excluding carboxylic acids is 1. The van der Waals surface area contributed by atoms with Gasteiger partial charge in [-0.3, -0.25) is 9.36 Å². The average Bonchev–Trinajstić information content (AvgIpc) is 3.31. The van der Waals surface area contributed by atoms with Crippen molar-refractivity contribution in [2.24, 2.45) is 23.5 Å². The van der Waals surface area contributed by atoms with E-state index in [-0.39, 0.29) is 41.0 Å². The second kappa shape index (κ2) is 9.34. The number of nitrogens with zero attached hydrogens (tertiary/aromatic N) is 3. The van der Waals surface area contributed by atoms with E-state index in [9.17, 15) is 18.4 Å². The molecule has 1 fully saturated rings. The Balaban J connectivity index is 1.63. The Bertz CT molecular complexity index is 1400. The summed E-state index contributed by atoms with van der Waals surface area (Å²) in [7, 11) is 0. The number of carbonyl (C=O) groups is 1. The van der Waals surface area contributed by atoms with E-state index in [1.54, 1.807) is 19.1 Å². The van der Waals surface area contributed by atoms with E-state index in [1.807, 2.05) is 6.08 Å². The molecule has 0 bridgehead atoms. The number of pyridine rings is 2. The van der Waals surface area contributed by atoms with Gasteiger partial charge < -0.3 is 20.1 Å². The fourth-order valence-electron chi connectivity index (χ4n) is 5.11. The van der Waals surface area contributed by atoms with Gasteiger partial charge in [0.05, 0.1) is 23.9 Å². The molecule has 1 aromatic carbocycles. The summed E-state index contributed by atoms with van der Waals surface area (Å²) in [5.41, 5.74) is 5.81. The third kappa shape index (κ3) is 4.21. The summed E-state index contributed by atoms with van der Waals surface area (Å²) in [5, 5.41) is 0.104. The van der Waals surface area contributed by atoms with Gasteiger partial charge in [0.25, 0.3) is 0 Å². The summed E-state index contributed by atoms with van der Waals surface area (Å²) in [4.78, 5) is 31.9. The first-order valence-electron chi connectivity index (χ1n) is 11.8. The number of rotatable bonds is 4. The molecule has 0 spiro atoms. The van der Waals surface area contributed by atoms with Crippen LogP contribution in [0.4, 0.5) is 19.4 Å². The third-order valence-electron chi connectivity index (χ3n) is 6.97. The van der Waals surface area contributed by atoms with Crippen molar-refractivity contribution in [3.05, 3.63) is 70.5 Å². The number of benzene rings is 1. The lowest BCUT2D eigenvalue weighted by Crippen LogP contribution is -2.38. The van der Waals surface area contributed by atoms with Gasteiger partial charge in [-0.15, -0.1) is 0 Å². The molecule has 2 aliphatic rings. The zero-order chi connectivity index (χ0) is 25.6. The van der Waals surface area contributed by atoms with Gasteiger partial charge in [0.15, 0.2) is 11.4 Å². The number of hydrogen-bond acceptors (Lipinski definition) is 7. The van der Waals surface area contributed by atoms with Crippen LogP contribution in [0, 0.1) is 29.4 Å². The number of aromatic nitrogens is 2. The number of fused-ring (bicyclic) bond motifs is 2. The first kappa shape index (κ1) is 23.9. The fraction of sp³-hybridized carbons (Fsp3) is 0.346. The normalized spacial score (nSPS) is 23.1. The van der Waals surface area contributed by atoms with Crippen LogP contribution in [-0.4, -0.2) is 41.4 Å². The lowest BCUT2D eigenvalue weighted by atomic mass is 9.77. The summed E-state index contributed by atoms with van der Waals surface area (Å²) in [5.74, 6) is -0.388. The van der Waals surface area contributed by atoms with Crippen LogP contribution in [0.5, 0.6) is 5.75 Å². The molecule has 10 heteroatoms. The molecule has 1 aliphatic heterocycles. The van der Waals surface area contributed by atoms with Crippen LogP contribution in [0.25, 0.3) is 16.7 Å². The fourth-order valence-corrected chi connectivity index (χ4v) is 5.11. The molecular weight excluding hydrogens is 470 g/mol. The molecule has 8 nitrogen and oxygen atoms in total. The highest BCUT2D eigenvalue weighted by molar-refractivity contribution is 5.81. The maximum absolute atomic E-state index is 14.8.